The van der Waals surface area contributed by atoms with Crippen LogP contribution in [-0.4, -0.2) is 57.8 Å². The number of carboxylic acid groups (broad SMARTS) is 1. The van der Waals surface area contributed by atoms with Gasteiger partial charge in [0.1, 0.15) is 18.1 Å². The van der Waals surface area contributed by atoms with E-state index in [1.54, 1.807) is 31.4 Å². The van der Waals surface area contributed by atoms with Crippen LogP contribution in [0.3, 0.4) is 0 Å². The van der Waals surface area contributed by atoms with E-state index in [0.717, 1.165) is 23.1 Å². The number of aromatic nitrogens is 2. The number of benzene rings is 1. The first kappa shape index (κ1) is 32.8. The van der Waals surface area contributed by atoms with Crippen LogP contribution in [0.4, 0.5) is 19.4 Å². The smallest absolute Gasteiger partial charge is 0.413 e. The van der Waals surface area contributed by atoms with Gasteiger partial charge in [-0.15, -0.1) is 6.58 Å². The van der Waals surface area contributed by atoms with E-state index in [2.05, 4.69) is 36.5 Å². The first-order valence-corrected chi connectivity index (χ1v) is 17.9. The largest absolute Gasteiger partial charge is 0.479 e. The van der Waals surface area contributed by atoms with Gasteiger partial charge in [0.05, 0.1) is 17.6 Å². The van der Waals surface area contributed by atoms with E-state index in [-0.39, 0.29) is 42.2 Å². The van der Waals surface area contributed by atoms with Gasteiger partial charge in [-0.3, -0.25) is 10.1 Å². The van der Waals surface area contributed by atoms with E-state index in [9.17, 15) is 23.9 Å². The summed E-state index contributed by atoms with van der Waals surface area (Å²) in [6.45, 7) is 15.5. The number of pyridine rings is 1. The van der Waals surface area contributed by atoms with Crippen molar-refractivity contribution in [2.45, 2.75) is 77.3 Å². The maximum absolute atomic E-state index is 15.3. The predicted molar refractivity (Wildman–Crippen MR) is 164 cm³/mol. The molecule has 0 saturated heterocycles. The number of ether oxygens (including phenoxy) is 2. The normalized spacial score (nSPS) is 16.7. The Hall–Kier alpha value is -4.10. The van der Waals surface area contributed by atoms with Gasteiger partial charge >= 0.3 is 12.1 Å². The number of fused-ring (bicyclic) bond motifs is 2. The van der Waals surface area contributed by atoms with Crippen LogP contribution in [0.15, 0.2) is 43.0 Å². The van der Waals surface area contributed by atoms with Crippen molar-refractivity contribution in [1.82, 2.24) is 14.5 Å². The molecule has 2 N–H and O–H groups in total. The molecular weight excluding hydrogens is 590 g/mol. The Morgan fingerprint density at radius 1 is 1.18 bits per heavy atom. The molecule has 236 valence electrons. The summed E-state index contributed by atoms with van der Waals surface area (Å²) in [6, 6.07) is 7.08. The average molecular weight is 629 g/mol. The van der Waals surface area contributed by atoms with Crippen molar-refractivity contribution in [3.63, 3.8) is 0 Å². The lowest BCUT2D eigenvalue weighted by Gasteiger charge is -2.35. The highest BCUT2D eigenvalue weighted by Gasteiger charge is 2.55. The van der Waals surface area contributed by atoms with Gasteiger partial charge in [-0.05, 0) is 45.0 Å². The van der Waals surface area contributed by atoms with Gasteiger partial charge in [0.15, 0.2) is 17.2 Å². The van der Waals surface area contributed by atoms with E-state index in [0.29, 0.717) is 17.8 Å². The molecule has 0 radical (unpaired) electrons. The Morgan fingerprint density at radius 3 is 2.50 bits per heavy atom. The minimum absolute atomic E-state index is 0.0333. The fraction of sp³-hybridized carbons (Fsp3) is 0.419. The average Bonchev–Trinajstić information content (AvgIpc) is 3.33. The van der Waals surface area contributed by atoms with Crippen LogP contribution in [0.5, 0.6) is 0 Å². The second-order valence-corrected chi connectivity index (χ2v) is 18.6. The first-order valence-electron chi connectivity index (χ1n) is 14.2. The maximum atomic E-state index is 15.3. The number of hydrogen-bond acceptors (Lipinski definition) is 6. The van der Waals surface area contributed by atoms with E-state index >= 15 is 4.39 Å². The van der Waals surface area contributed by atoms with Crippen molar-refractivity contribution < 1.29 is 37.7 Å². The molecule has 0 unspecified atom stereocenters. The first-order chi connectivity index (χ1) is 20.5. The third-order valence-electron chi connectivity index (χ3n) is 7.24. The van der Waals surface area contributed by atoms with Gasteiger partial charge in [0.25, 0.3) is 5.91 Å². The van der Waals surface area contributed by atoms with E-state index in [1.807, 2.05) is 0 Å². The zero-order chi connectivity index (χ0) is 32.6. The standard InChI is InChI=1S/C31H38F2N4O6Si/c1-8-11-31(28(39)40)22-10-9-19(32)14-21(22)27(38)37(31)17-20-15-24-25(36(20)18-42-12-13-44(5,6)7)16-23(33)26(34-24)35-29(41)43-30(2,3)4/h8-10,14-16H,1,11-13,17-18H2,2-7H3,(H,39,40)(H,34,35,41)/t31-/m0/s1. The van der Waals surface area contributed by atoms with Crippen molar-refractivity contribution in [1.29, 1.82) is 0 Å². The highest BCUT2D eigenvalue weighted by molar-refractivity contribution is 6.76. The molecule has 1 atom stereocenters. The number of hydrogen-bond donors (Lipinski definition) is 2. The van der Waals surface area contributed by atoms with Gasteiger partial charge in [-0.25, -0.2) is 23.4 Å². The summed E-state index contributed by atoms with van der Waals surface area (Å²) in [7, 11) is -1.43. The Balaban J connectivity index is 1.79. The molecule has 10 nitrogen and oxygen atoms in total. The van der Waals surface area contributed by atoms with Crippen LogP contribution < -0.4 is 5.32 Å². The SMILES string of the molecule is C=CC[C@@]1(C(=O)O)c2ccc(F)cc2C(=O)N1Cc1cc2nc(NC(=O)OC(C)(C)C)c(F)cc2n1COCC[Si](C)(C)C. The molecule has 13 heteroatoms. The zero-order valence-corrected chi connectivity index (χ0v) is 26.8. The van der Waals surface area contributed by atoms with E-state index in [4.69, 9.17) is 9.47 Å². The Kier molecular flexibility index (Phi) is 9.03. The monoisotopic (exact) mass is 628 g/mol. The number of carbonyl (C=O) groups excluding carboxylic acids is 2. The van der Waals surface area contributed by atoms with E-state index in [1.165, 1.54) is 18.2 Å². The van der Waals surface area contributed by atoms with Crippen LogP contribution in [0, 0.1) is 11.6 Å². The topological polar surface area (TPSA) is 123 Å². The fourth-order valence-corrected chi connectivity index (χ4v) is 5.90. The lowest BCUT2D eigenvalue weighted by atomic mass is 9.86. The summed E-state index contributed by atoms with van der Waals surface area (Å²) in [5, 5.41) is 12.8. The molecular formula is C31H38F2N4O6Si. The number of carbonyl (C=O) groups is 3. The maximum Gasteiger partial charge on any atom is 0.413 e. The quantitative estimate of drug-likeness (QED) is 0.141. The Labute approximate surface area is 255 Å². The molecule has 2 amide bonds. The molecule has 1 aliphatic heterocycles. The Morgan fingerprint density at radius 2 is 1.89 bits per heavy atom. The van der Waals surface area contributed by atoms with Crippen molar-refractivity contribution in [2.75, 3.05) is 11.9 Å². The highest BCUT2D eigenvalue weighted by atomic mass is 28.3. The number of carboxylic acids is 1. The number of nitrogens with one attached hydrogen (secondary N) is 1. The number of rotatable bonds is 11. The predicted octanol–water partition coefficient (Wildman–Crippen LogP) is 6.49. The number of aliphatic carboxylic acids is 1. The molecule has 0 saturated carbocycles. The number of anilines is 1. The molecule has 3 aromatic rings. The molecule has 4 rings (SSSR count). The molecule has 0 spiro atoms. The lowest BCUT2D eigenvalue weighted by Crippen LogP contribution is -2.49. The van der Waals surface area contributed by atoms with Crippen LogP contribution in [0.1, 0.15) is 48.8 Å². The molecule has 3 heterocycles. The second-order valence-electron chi connectivity index (χ2n) is 13.0. The summed E-state index contributed by atoms with van der Waals surface area (Å²) in [5.41, 5.74) is -1.62. The number of nitrogens with zero attached hydrogens (tertiary/aromatic N) is 3. The van der Waals surface area contributed by atoms with Crippen LogP contribution >= 0.6 is 0 Å². The second kappa shape index (κ2) is 12.1. The van der Waals surface area contributed by atoms with Gasteiger partial charge in [0, 0.05) is 44.0 Å². The van der Waals surface area contributed by atoms with Gasteiger partial charge in [-0.1, -0.05) is 31.8 Å². The minimum Gasteiger partial charge on any atom is -0.479 e. The lowest BCUT2D eigenvalue weighted by molar-refractivity contribution is -0.150. The molecule has 0 fully saturated rings. The fourth-order valence-electron chi connectivity index (χ4n) is 5.15. The molecule has 44 heavy (non-hydrogen) atoms. The highest BCUT2D eigenvalue weighted by Crippen LogP contribution is 2.44. The van der Waals surface area contributed by atoms with Crippen molar-refractivity contribution in [2.24, 2.45) is 0 Å². The minimum atomic E-state index is -1.86. The van der Waals surface area contributed by atoms with Crippen molar-refractivity contribution in [3.05, 3.63) is 71.4 Å². The molecule has 1 aliphatic rings. The summed E-state index contributed by atoms with van der Waals surface area (Å²) in [4.78, 5) is 44.4. The zero-order valence-electron chi connectivity index (χ0n) is 25.8. The third kappa shape index (κ3) is 6.68. The molecule has 2 aromatic heterocycles. The Bertz CT molecular complexity index is 1630. The number of amides is 2. The number of halogens is 2. The molecule has 1 aromatic carbocycles. The third-order valence-corrected chi connectivity index (χ3v) is 8.94. The van der Waals surface area contributed by atoms with Crippen LogP contribution in [-0.2, 0) is 33.1 Å². The van der Waals surface area contributed by atoms with Gasteiger partial charge in [-0.2, -0.15) is 0 Å². The van der Waals surface area contributed by atoms with Crippen molar-refractivity contribution >= 4 is 42.9 Å². The molecule has 0 aliphatic carbocycles. The van der Waals surface area contributed by atoms with E-state index < -0.39 is 48.8 Å². The van der Waals surface area contributed by atoms with Gasteiger partial charge < -0.3 is 24.0 Å². The van der Waals surface area contributed by atoms with Crippen LogP contribution in [0.25, 0.3) is 11.0 Å². The van der Waals surface area contributed by atoms with Gasteiger partial charge in [0.2, 0.25) is 0 Å². The van der Waals surface area contributed by atoms with Crippen molar-refractivity contribution in [3.8, 4) is 0 Å². The summed E-state index contributed by atoms with van der Waals surface area (Å²) >= 11 is 0. The van der Waals surface area contributed by atoms with Crippen LogP contribution in [0.2, 0.25) is 25.7 Å². The summed E-state index contributed by atoms with van der Waals surface area (Å²) in [5.74, 6) is -3.85. The summed E-state index contributed by atoms with van der Waals surface area (Å²) in [6.07, 6.45) is 0.366. The molecule has 0 bridgehead atoms. The summed E-state index contributed by atoms with van der Waals surface area (Å²) < 4.78 is 42.3.